The van der Waals surface area contributed by atoms with Crippen LogP contribution in [0.5, 0.6) is 0 Å². The van der Waals surface area contributed by atoms with Gasteiger partial charge in [0.05, 0.1) is 11.0 Å². The molecule has 0 amide bonds. The molecular formula is C9H7ClN2O2. The molecule has 1 aromatic carbocycles. The van der Waals surface area contributed by atoms with E-state index in [9.17, 15) is 9.59 Å². The van der Waals surface area contributed by atoms with E-state index in [0.29, 0.717) is 11.0 Å². The van der Waals surface area contributed by atoms with Crippen molar-refractivity contribution in [2.24, 2.45) is 0 Å². The van der Waals surface area contributed by atoms with Gasteiger partial charge >= 0.3 is 11.1 Å². The Hall–Kier alpha value is -1.55. The SMILES string of the molecule is Cc1cccc2[nH]c(=O)n(C(=O)Cl)c12. The van der Waals surface area contributed by atoms with Crippen LogP contribution in [0.2, 0.25) is 0 Å². The number of para-hydroxylation sites is 1. The van der Waals surface area contributed by atoms with Gasteiger partial charge in [-0.3, -0.25) is 4.79 Å². The molecule has 0 bridgehead atoms. The number of nitrogens with zero attached hydrogens (tertiary/aromatic N) is 1. The van der Waals surface area contributed by atoms with Crippen molar-refractivity contribution in [2.45, 2.75) is 6.92 Å². The van der Waals surface area contributed by atoms with E-state index in [2.05, 4.69) is 4.98 Å². The van der Waals surface area contributed by atoms with Crippen LogP contribution in [0.3, 0.4) is 0 Å². The smallest absolute Gasteiger partial charge is 0.305 e. The molecule has 2 aromatic rings. The molecule has 1 aromatic heterocycles. The number of aromatic amines is 1. The third-order valence-corrected chi connectivity index (χ3v) is 2.25. The molecule has 5 heteroatoms. The standard InChI is InChI=1S/C9H7ClN2O2/c1-5-3-2-4-6-7(5)12(8(10)13)9(14)11-6/h2-4H,1H3,(H,11,14). The maximum Gasteiger partial charge on any atom is 0.334 e. The minimum Gasteiger partial charge on any atom is -0.305 e. The fraction of sp³-hybridized carbons (Fsp3) is 0.111. The van der Waals surface area contributed by atoms with Crippen LogP contribution in [0.4, 0.5) is 4.79 Å². The van der Waals surface area contributed by atoms with Crippen molar-refractivity contribution < 1.29 is 4.79 Å². The molecule has 0 spiro atoms. The van der Waals surface area contributed by atoms with Crippen LogP contribution in [0.1, 0.15) is 5.56 Å². The van der Waals surface area contributed by atoms with Crippen molar-refractivity contribution in [1.82, 2.24) is 9.55 Å². The molecule has 4 nitrogen and oxygen atoms in total. The molecule has 0 aliphatic carbocycles. The van der Waals surface area contributed by atoms with Gasteiger partial charge in [-0.05, 0) is 30.2 Å². The first-order valence-electron chi connectivity index (χ1n) is 4.01. The van der Waals surface area contributed by atoms with Crippen LogP contribution in [0, 0.1) is 6.92 Å². The molecule has 2 rings (SSSR count). The molecular weight excluding hydrogens is 204 g/mol. The largest absolute Gasteiger partial charge is 0.334 e. The lowest BCUT2D eigenvalue weighted by molar-refractivity contribution is 0.261. The number of hydrogen-bond donors (Lipinski definition) is 1. The minimum absolute atomic E-state index is 0.505. The van der Waals surface area contributed by atoms with Crippen molar-refractivity contribution >= 4 is 28.0 Å². The average Bonchev–Trinajstić information content (AvgIpc) is 2.42. The molecule has 0 saturated carbocycles. The maximum atomic E-state index is 11.3. The summed E-state index contributed by atoms with van der Waals surface area (Å²) in [6, 6.07) is 5.34. The number of benzene rings is 1. The number of fused-ring (bicyclic) bond motifs is 1. The zero-order valence-corrected chi connectivity index (χ0v) is 8.13. The van der Waals surface area contributed by atoms with E-state index in [-0.39, 0.29) is 0 Å². The topological polar surface area (TPSA) is 54.9 Å². The molecule has 0 aliphatic rings. The molecule has 0 aliphatic heterocycles. The predicted octanol–water partition coefficient (Wildman–Crippen LogP) is 1.84. The minimum atomic E-state index is -0.796. The van der Waals surface area contributed by atoms with Crippen molar-refractivity contribution in [3.63, 3.8) is 0 Å². The molecule has 1 N–H and O–H groups in total. The maximum absolute atomic E-state index is 11.3. The summed E-state index contributed by atoms with van der Waals surface area (Å²) < 4.78 is 0.923. The predicted molar refractivity (Wildman–Crippen MR) is 53.9 cm³/mol. The molecule has 14 heavy (non-hydrogen) atoms. The number of halogens is 1. The first-order chi connectivity index (χ1) is 6.61. The Balaban J connectivity index is 3.01. The Labute approximate surface area is 84.1 Å². The van der Waals surface area contributed by atoms with Gasteiger partial charge in [0, 0.05) is 0 Å². The van der Waals surface area contributed by atoms with E-state index in [0.717, 1.165) is 10.1 Å². The highest BCUT2D eigenvalue weighted by atomic mass is 35.5. The van der Waals surface area contributed by atoms with Crippen molar-refractivity contribution in [3.05, 3.63) is 34.2 Å². The average molecular weight is 211 g/mol. The fourth-order valence-corrected chi connectivity index (χ4v) is 1.66. The molecule has 1 heterocycles. The first-order valence-corrected chi connectivity index (χ1v) is 4.39. The summed E-state index contributed by atoms with van der Waals surface area (Å²) in [5.74, 6) is 0. The van der Waals surface area contributed by atoms with Gasteiger partial charge in [-0.1, -0.05) is 12.1 Å². The summed E-state index contributed by atoms with van der Waals surface area (Å²) in [4.78, 5) is 24.9. The number of aryl methyl sites for hydroxylation is 1. The van der Waals surface area contributed by atoms with Gasteiger partial charge in [0.1, 0.15) is 0 Å². The number of carbonyl (C=O) groups excluding carboxylic acids is 1. The van der Waals surface area contributed by atoms with Gasteiger partial charge in [-0.2, -0.15) is 0 Å². The highest BCUT2D eigenvalue weighted by molar-refractivity contribution is 6.63. The second kappa shape index (κ2) is 2.99. The fourth-order valence-electron chi connectivity index (χ4n) is 1.50. The molecule has 0 unspecified atom stereocenters. The van der Waals surface area contributed by atoms with Crippen LogP contribution >= 0.6 is 11.6 Å². The summed E-state index contributed by atoms with van der Waals surface area (Å²) >= 11 is 5.30. The third-order valence-electron chi connectivity index (χ3n) is 2.08. The number of aromatic nitrogens is 2. The number of H-pyrrole nitrogens is 1. The van der Waals surface area contributed by atoms with Gasteiger partial charge < -0.3 is 4.98 Å². The monoisotopic (exact) mass is 210 g/mol. The van der Waals surface area contributed by atoms with Crippen LogP contribution in [-0.4, -0.2) is 14.9 Å². The molecule has 0 radical (unpaired) electrons. The summed E-state index contributed by atoms with van der Waals surface area (Å²) in [7, 11) is 0. The first kappa shape index (κ1) is 9.02. The van der Waals surface area contributed by atoms with Crippen LogP contribution in [-0.2, 0) is 0 Å². The van der Waals surface area contributed by atoms with Gasteiger partial charge in [-0.25, -0.2) is 9.36 Å². The summed E-state index contributed by atoms with van der Waals surface area (Å²) in [5, 5.41) is -0.796. The van der Waals surface area contributed by atoms with Crippen molar-refractivity contribution in [1.29, 1.82) is 0 Å². The number of rotatable bonds is 0. The Morgan fingerprint density at radius 3 is 2.86 bits per heavy atom. The normalized spacial score (nSPS) is 10.7. The second-order valence-electron chi connectivity index (χ2n) is 2.99. The number of carbonyl (C=O) groups is 1. The van der Waals surface area contributed by atoms with E-state index in [1.807, 2.05) is 13.0 Å². The highest BCUT2D eigenvalue weighted by Gasteiger charge is 2.12. The summed E-state index contributed by atoms with van der Waals surface area (Å²) in [6.07, 6.45) is 0. The van der Waals surface area contributed by atoms with E-state index < -0.39 is 11.1 Å². The lowest BCUT2D eigenvalue weighted by Gasteiger charge is -1.98. The summed E-state index contributed by atoms with van der Waals surface area (Å²) in [5.41, 5.74) is 1.48. The number of nitrogens with one attached hydrogen (secondary N) is 1. The van der Waals surface area contributed by atoms with Crippen LogP contribution < -0.4 is 5.69 Å². The zero-order chi connectivity index (χ0) is 10.3. The van der Waals surface area contributed by atoms with Crippen LogP contribution in [0.25, 0.3) is 11.0 Å². The Bertz CT molecular complexity index is 568. The highest BCUT2D eigenvalue weighted by Crippen LogP contribution is 2.15. The Morgan fingerprint density at radius 1 is 1.50 bits per heavy atom. The van der Waals surface area contributed by atoms with Gasteiger partial charge in [-0.15, -0.1) is 0 Å². The van der Waals surface area contributed by atoms with Crippen LogP contribution in [0.15, 0.2) is 23.0 Å². The van der Waals surface area contributed by atoms with E-state index in [1.54, 1.807) is 12.1 Å². The van der Waals surface area contributed by atoms with Gasteiger partial charge in [0.2, 0.25) is 0 Å². The number of imidazole rings is 1. The van der Waals surface area contributed by atoms with E-state index >= 15 is 0 Å². The second-order valence-corrected chi connectivity index (χ2v) is 3.31. The van der Waals surface area contributed by atoms with Gasteiger partial charge in [0.25, 0.3) is 0 Å². The van der Waals surface area contributed by atoms with Crippen molar-refractivity contribution in [3.8, 4) is 0 Å². The Kier molecular flexibility index (Phi) is 1.93. The molecule has 0 saturated heterocycles. The van der Waals surface area contributed by atoms with E-state index in [1.165, 1.54) is 0 Å². The zero-order valence-electron chi connectivity index (χ0n) is 7.37. The Morgan fingerprint density at radius 2 is 2.21 bits per heavy atom. The van der Waals surface area contributed by atoms with Gasteiger partial charge in [0.15, 0.2) is 0 Å². The molecule has 0 fully saturated rings. The number of hydrogen-bond acceptors (Lipinski definition) is 2. The van der Waals surface area contributed by atoms with E-state index in [4.69, 9.17) is 11.6 Å². The molecule has 72 valence electrons. The quantitative estimate of drug-likeness (QED) is 0.675. The summed E-state index contributed by atoms with van der Waals surface area (Å²) in [6.45, 7) is 1.81. The van der Waals surface area contributed by atoms with Crippen molar-refractivity contribution in [2.75, 3.05) is 0 Å². The lowest BCUT2D eigenvalue weighted by atomic mass is 10.2. The third kappa shape index (κ3) is 1.15. The lowest BCUT2D eigenvalue weighted by Crippen LogP contribution is -2.19. The molecule has 0 atom stereocenters.